The molecule has 0 saturated carbocycles. The zero-order valence-electron chi connectivity index (χ0n) is 16.3. The number of rotatable bonds is 7. The van der Waals surface area contributed by atoms with Crippen LogP contribution in [-0.4, -0.2) is 31.7 Å². The summed E-state index contributed by atoms with van der Waals surface area (Å²) in [4.78, 5) is 13.5. The molecule has 1 aliphatic rings. The number of thiophene rings is 1. The maximum Gasteiger partial charge on any atom is 0.255 e. The molecular formula is C22H22N2O4S2. The third-order valence-corrected chi connectivity index (χ3v) is 8.27. The lowest BCUT2D eigenvalue weighted by molar-refractivity contribution is 0.0949. The highest BCUT2D eigenvalue weighted by Crippen LogP contribution is 2.28. The molecule has 6 nitrogen and oxygen atoms in total. The average molecular weight is 443 g/mol. The van der Waals surface area contributed by atoms with Gasteiger partial charge in [0.25, 0.3) is 15.9 Å². The molecule has 2 heterocycles. The van der Waals surface area contributed by atoms with Gasteiger partial charge in [0.15, 0.2) is 0 Å². The second-order valence-electron chi connectivity index (χ2n) is 6.93. The van der Waals surface area contributed by atoms with Crippen LogP contribution in [0.15, 0.2) is 70.9 Å². The van der Waals surface area contributed by atoms with Crippen molar-refractivity contribution in [1.29, 1.82) is 0 Å². The Morgan fingerprint density at radius 2 is 1.67 bits per heavy atom. The van der Waals surface area contributed by atoms with E-state index in [4.69, 9.17) is 4.74 Å². The summed E-state index contributed by atoms with van der Waals surface area (Å²) < 4.78 is 33.0. The summed E-state index contributed by atoms with van der Waals surface area (Å²) in [5, 5.41) is 2.86. The van der Waals surface area contributed by atoms with Crippen LogP contribution in [0.5, 0.6) is 11.5 Å². The highest BCUT2D eigenvalue weighted by molar-refractivity contribution is 7.91. The number of hydrogen-bond acceptors (Lipinski definition) is 5. The van der Waals surface area contributed by atoms with Crippen LogP contribution < -0.4 is 10.1 Å². The molecule has 1 fully saturated rings. The molecule has 0 radical (unpaired) electrons. The molecule has 0 aliphatic carbocycles. The van der Waals surface area contributed by atoms with Crippen molar-refractivity contribution >= 4 is 27.3 Å². The van der Waals surface area contributed by atoms with Gasteiger partial charge in [0.1, 0.15) is 15.7 Å². The minimum Gasteiger partial charge on any atom is -0.457 e. The minimum atomic E-state index is -3.43. The van der Waals surface area contributed by atoms with Gasteiger partial charge in [-0.05, 0) is 49.2 Å². The predicted molar refractivity (Wildman–Crippen MR) is 116 cm³/mol. The summed E-state index contributed by atoms with van der Waals surface area (Å²) >= 11 is 1.20. The van der Waals surface area contributed by atoms with Crippen LogP contribution in [0.2, 0.25) is 0 Å². The smallest absolute Gasteiger partial charge is 0.255 e. The first-order valence-corrected chi connectivity index (χ1v) is 12.0. The lowest BCUT2D eigenvalue weighted by atomic mass is 10.2. The van der Waals surface area contributed by atoms with Gasteiger partial charge in [-0.25, -0.2) is 8.42 Å². The molecule has 0 atom stereocenters. The van der Waals surface area contributed by atoms with Gasteiger partial charge in [-0.3, -0.25) is 4.79 Å². The zero-order valence-corrected chi connectivity index (χ0v) is 17.9. The third kappa shape index (κ3) is 4.56. The van der Waals surface area contributed by atoms with E-state index in [0.717, 1.165) is 17.7 Å². The molecule has 1 saturated heterocycles. The Balaban J connectivity index is 1.43. The van der Waals surface area contributed by atoms with Crippen molar-refractivity contribution < 1.29 is 17.9 Å². The standard InChI is InChI=1S/C22H22N2O4S2/c25-22(19-10-4-5-11-20(19)28-17-8-2-1-3-9-17)23-16-18-12-13-21(29-18)30(26,27)24-14-6-7-15-24/h1-5,8-13H,6-7,14-16H2,(H,23,25). The molecule has 2 aromatic carbocycles. The first-order valence-electron chi connectivity index (χ1n) is 9.73. The van der Waals surface area contributed by atoms with Crippen molar-refractivity contribution in [2.75, 3.05) is 13.1 Å². The molecule has 0 bridgehead atoms. The highest BCUT2D eigenvalue weighted by Gasteiger charge is 2.28. The van der Waals surface area contributed by atoms with Gasteiger partial charge in [-0.15, -0.1) is 11.3 Å². The Labute approximate surface area is 180 Å². The van der Waals surface area contributed by atoms with Crippen molar-refractivity contribution in [1.82, 2.24) is 9.62 Å². The number of benzene rings is 2. The number of nitrogens with zero attached hydrogens (tertiary/aromatic N) is 1. The van der Waals surface area contributed by atoms with E-state index in [9.17, 15) is 13.2 Å². The highest BCUT2D eigenvalue weighted by atomic mass is 32.2. The number of nitrogens with one attached hydrogen (secondary N) is 1. The van der Waals surface area contributed by atoms with Crippen LogP contribution in [0.4, 0.5) is 0 Å². The van der Waals surface area contributed by atoms with Gasteiger partial charge in [0.05, 0.1) is 12.1 Å². The molecule has 1 aromatic heterocycles. The lowest BCUT2D eigenvalue weighted by Gasteiger charge is -2.13. The van der Waals surface area contributed by atoms with Gasteiger partial charge in [0.2, 0.25) is 0 Å². The van der Waals surface area contributed by atoms with Gasteiger partial charge >= 0.3 is 0 Å². The van der Waals surface area contributed by atoms with E-state index in [0.29, 0.717) is 34.4 Å². The Hall–Kier alpha value is -2.68. The van der Waals surface area contributed by atoms with Gasteiger partial charge < -0.3 is 10.1 Å². The maximum absolute atomic E-state index is 12.7. The summed E-state index contributed by atoms with van der Waals surface area (Å²) in [5.74, 6) is 0.830. The minimum absolute atomic E-state index is 0.249. The third-order valence-electron chi connectivity index (χ3n) is 4.82. The van der Waals surface area contributed by atoms with Gasteiger partial charge in [0, 0.05) is 18.0 Å². The zero-order chi connectivity index (χ0) is 21.0. The average Bonchev–Trinajstić information content (AvgIpc) is 3.46. The van der Waals surface area contributed by atoms with Gasteiger partial charge in [-0.2, -0.15) is 4.31 Å². The van der Waals surface area contributed by atoms with Crippen LogP contribution in [0.1, 0.15) is 28.1 Å². The molecule has 8 heteroatoms. The van der Waals surface area contributed by atoms with Crippen LogP contribution in [-0.2, 0) is 16.6 Å². The van der Waals surface area contributed by atoms with Crippen LogP contribution >= 0.6 is 11.3 Å². The van der Waals surface area contributed by atoms with Crippen molar-refractivity contribution in [3.63, 3.8) is 0 Å². The SMILES string of the molecule is O=C(NCc1ccc(S(=O)(=O)N2CCCC2)s1)c1ccccc1Oc1ccccc1. The first-order chi connectivity index (χ1) is 14.5. The normalized spacial score (nSPS) is 14.5. The van der Waals surface area contributed by atoms with Crippen molar-refractivity contribution in [3.05, 3.63) is 77.2 Å². The van der Waals surface area contributed by atoms with E-state index in [2.05, 4.69) is 5.32 Å². The summed E-state index contributed by atoms with van der Waals surface area (Å²) in [7, 11) is -3.43. The van der Waals surface area contributed by atoms with Crippen molar-refractivity contribution in [2.24, 2.45) is 0 Å². The molecule has 1 N–H and O–H groups in total. The molecule has 0 spiro atoms. The van der Waals surface area contributed by atoms with E-state index in [1.807, 2.05) is 36.4 Å². The summed E-state index contributed by atoms with van der Waals surface area (Å²) in [5.41, 5.74) is 0.419. The summed E-state index contributed by atoms with van der Waals surface area (Å²) in [6.07, 6.45) is 1.80. The Morgan fingerprint density at radius 1 is 0.967 bits per heavy atom. The van der Waals surface area contributed by atoms with Gasteiger partial charge in [-0.1, -0.05) is 30.3 Å². The van der Waals surface area contributed by atoms with Crippen LogP contribution in [0.3, 0.4) is 0 Å². The lowest BCUT2D eigenvalue weighted by Crippen LogP contribution is -2.27. The fourth-order valence-electron chi connectivity index (χ4n) is 3.27. The quantitative estimate of drug-likeness (QED) is 0.593. The number of sulfonamides is 1. The molecule has 30 heavy (non-hydrogen) atoms. The predicted octanol–water partition coefficient (Wildman–Crippen LogP) is 4.25. The Kier molecular flexibility index (Phi) is 6.17. The topological polar surface area (TPSA) is 75.7 Å². The monoisotopic (exact) mass is 442 g/mol. The summed E-state index contributed by atoms with van der Waals surface area (Å²) in [6, 6.07) is 19.7. The molecule has 4 rings (SSSR count). The van der Waals surface area contributed by atoms with Crippen molar-refractivity contribution in [3.8, 4) is 11.5 Å². The second kappa shape index (κ2) is 8.99. The van der Waals surface area contributed by atoms with Crippen LogP contribution in [0.25, 0.3) is 0 Å². The van der Waals surface area contributed by atoms with E-state index < -0.39 is 10.0 Å². The van der Waals surface area contributed by atoms with E-state index in [1.54, 1.807) is 30.3 Å². The molecule has 1 aliphatic heterocycles. The molecular weight excluding hydrogens is 420 g/mol. The fourth-order valence-corrected chi connectivity index (χ4v) is 6.24. The molecule has 0 unspecified atom stereocenters. The Bertz CT molecular complexity index is 1120. The number of para-hydroxylation sites is 2. The Morgan fingerprint density at radius 3 is 2.43 bits per heavy atom. The molecule has 1 amide bonds. The number of ether oxygens (including phenoxy) is 1. The van der Waals surface area contributed by atoms with E-state index in [1.165, 1.54) is 15.6 Å². The maximum atomic E-state index is 12.7. The summed E-state index contributed by atoms with van der Waals surface area (Å²) in [6.45, 7) is 1.40. The van der Waals surface area contributed by atoms with Crippen LogP contribution in [0, 0.1) is 0 Å². The second-order valence-corrected chi connectivity index (χ2v) is 10.3. The fraction of sp³-hybridized carbons (Fsp3) is 0.227. The van der Waals surface area contributed by atoms with E-state index >= 15 is 0 Å². The van der Waals surface area contributed by atoms with Crippen molar-refractivity contribution in [2.45, 2.75) is 23.6 Å². The number of carbonyl (C=O) groups is 1. The number of hydrogen-bond donors (Lipinski definition) is 1. The largest absolute Gasteiger partial charge is 0.457 e. The molecule has 156 valence electrons. The number of carbonyl (C=O) groups excluding carboxylic acids is 1. The van der Waals surface area contributed by atoms with E-state index in [-0.39, 0.29) is 12.5 Å². The number of amides is 1. The first kappa shape index (κ1) is 20.6. The molecule has 3 aromatic rings.